The number of carbonyl (C=O) groups excluding carboxylic acids is 1. The van der Waals surface area contributed by atoms with Crippen LogP contribution in [0, 0.1) is 6.92 Å². The molecular weight excluding hydrogens is 298 g/mol. The zero-order chi connectivity index (χ0) is 16.4. The van der Waals surface area contributed by atoms with Crippen LogP contribution < -0.4 is 5.32 Å². The molecule has 2 N–H and O–H groups in total. The molecule has 0 aliphatic heterocycles. The molecular formula is C16H17N3O4. The van der Waals surface area contributed by atoms with E-state index < -0.39 is 6.10 Å². The second-order valence-electron chi connectivity index (χ2n) is 5.49. The van der Waals surface area contributed by atoms with Gasteiger partial charge < -0.3 is 19.4 Å². The molecule has 3 heterocycles. The highest BCUT2D eigenvalue weighted by Crippen LogP contribution is 2.19. The van der Waals surface area contributed by atoms with E-state index in [1.54, 1.807) is 25.1 Å². The summed E-state index contributed by atoms with van der Waals surface area (Å²) in [5.74, 6) is 0.216. The Labute approximate surface area is 132 Å². The molecule has 3 aromatic heterocycles. The first-order valence-electron chi connectivity index (χ1n) is 7.29. The molecule has 0 bridgehead atoms. The monoisotopic (exact) mass is 315 g/mol. The van der Waals surface area contributed by atoms with Crippen molar-refractivity contribution in [3.8, 4) is 0 Å². The average molecular weight is 315 g/mol. The van der Waals surface area contributed by atoms with Crippen molar-refractivity contribution in [1.82, 2.24) is 15.5 Å². The van der Waals surface area contributed by atoms with Crippen LogP contribution in [0.1, 0.15) is 41.3 Å². The molecule has 0 aliphatic carbocycles. The predicted molar refractivity (Wildman–Crippen MR) is 81.8 cm³/mol. The fraction of sp³-hybridized carbons (Fsp3) is 0.312. The van der Waals surface area contributed by atoms with Gasteiger partial charge in [-0.25, -0.2) is 4.98 Å². The van der Waals surface area contributed by atoms with Crippen LogP contribution >= 0.6 is 0 Å². The van der Waals surface area contributed by atoms with Gasteiger partial charge in [0, 0.05) is 18.7 Å². The summed E-state index contributed by atoms with van der Waals surface area (Å²) in [5.41, 5.74) is 1.51. The van der Waals surface area contributed by atoms with Gasteiger partial charge in [0.15, 0.2) is 0 Å². The van der Waals surface area contributed by atoms with E-state index in [0.29, 0.717) is 34.5 Å². The van der Waals surface area contributed by atoms with Gasteiger partial charge in [-0.05, 0) is 32.0 Å². The zero-order valence-corrected chi connectivity index (χ0v) is 12.8. The molecule has 120 valence electrons. The molecule has 0 aliphatic rings. The number of nitrogens with zero attached hydrogens (tertiary/aromatic N) is 2. The second-order valence-corrected chi connectivity index (χ2v) is 5.49. The Morgan fingerprint density at radius 1 is 1.48 bits per heavy atom. The van der Waals surface area contributed by atoms with Crippen LogP contribution in [-0.4, -0.2) is 27.2 Å². The number of aromatic nitrogens is 2. The summed E-state index contributed by atoms with van der Waals surface area (Å²) in [4.78, 5) is 16.4. The summed E-state index contributed by atoms with van der Waals surface area (Å²) in [7, 11) is 0. The largest absolute Gasteiger partial charge is 0.467 e. The number of amides is 1. The van der Waals surface area contributed by atoms with E-state index in [9.17, 15) is 9.90 Å². The van der Waals surface area contributed by atoms with E-state index in [1.165, 1.54) is 12.5 Å². The number of hydrogen-bond acceptors (Lipinski definition) is 6. The lowest BCUT2D eigenvalue weighted by atomic mass is 10.1. The van der Waals surface area contributed by atoms with Crippen LogP contribution in [0.15, 0.2) is 39.6 Å². The first-order chi connectivity index (χ1) is 11.0. The molecule has 2 atom stereocenters. The average Bonchev–Trinajstić information content (AvgIpc) is 3.17. The number of aliphatic hydroxyl groups excluding tert-OH is 1. The van der Waals surface area contributed by atoms with Gasteiger partial charge in [0.2, 0.25) is 0 Å². The Morgan fingerprint density at radius 2 is 2.30 bits per heavy atom. The van der Waals surface area contributed by atoms with Crippen LogP contribution in [0.2, 0.25) is 0 Å². The molecule has 2 unspecified atom stereocenters. The van der Waals surface area contributed by atoms with Crippen molar-refractivity contribution < 1.29 is 18.8 Å². The van der Waals surface area contributed by atoms with Gasteiger partial charge in [0.1, 0.15) is 11.9 Å². The summed E-state index contributed by atoms with van der Waals surface area (Å²) in [6, 6.07) is 4.87. The third kappa shape index (κ3) is 3.24. The molecule has 0 aromatic carbocycles. The Hall–Kier alpha value is -2.67. The van der Waals surface area contributed by atoms with Crippen molar-refractivity contribution in [2.24, 2.45) is 0 Å². The number of carbonyl (C=O) groups is 1. The molecule has 7 heteroatoms. The van der Waals surface area contributed by atoms with Gasteiger partial charge in [-0.1, -0.05) is 5.16 Å². The van der Waals surface area contributed by atoms with Crippen LogP contribution in [0.3, 0.4) is 0 Å². The van der Waals surface area contributed by atoms with Crippen molar-refractivity contribution in [1.29, 1.82) is 0 Å². The molecule has 0 saturated carbocycles. The van der Waals surface area contributed by atoms with Gasteiger partial charge in [-0.3, -0.25) is 4.79 Å². The second kappa shape index (κ2) is 6.21. The van der Waals surface area contributed by atoms with Gasteiger partial charge in [0.25, 0.3) is 11.6 Å². The zero-order valence-electron chi connectivity index (χ0n) is 12.8. The quantitative estimate of drug-likeness (QED) is 0.749. The molecule has 3 aromatic rings. The molecule has 1 amide bonds. The third-order valence-electron chi connectivity index (χ3n) is 3.60. The maximum absolute atomic E-state index is 12.3. The topological polar surface area (TPSA) is 101 Å². The van der Waals surface area contributed by atoms with E-state index in [1.807, 2.05) is 6.92 Å². The first kappa shape index (κ1) is 15.2. The van der Waals surface area contributed by atoms with Crippen LogP contribution in [-0.2, 0) is 0 Å². The third-order valence-corrected chi connectivity index (χ3v) is 3.60. The van der Waals surface area contributed by atoms with Gasteiger partial charge in [-0.15, -0.1) is 0 Å². The highest BCUT2D eigenvalue weighted by atomic mass is 16.5. The van der Waals surface area contributed by atoms with Crippen molar-refractivity contribution in [3.05, 3.63) is 47.7 Å². The van der Waals surface area contributed by atoms with Crippen LogP contribution in [0.5, 0.6) is 0 Å². The number of pyridine rings is 1. The molecule has 0 spiro atoms. The first-order valence-corrected chi connectivity index (χ1v) is 7.29. The molecule has 3 rings (SSSR count). The number of aliphatic hydroxyl groups is 1. The van der Waals surface area contributed by atoms with E-state index in [0.717, 1.165) is 0 Å². The minimum atomic E-state index is -0.763. The van der Waals surface area contributed by atoms with Gasteiger partial charge in [0.05, 0.1) is 22.9 Å². The van der Waals surface area contributed by atoms with Crippen molar-refractivity contribution >= 4 is 17.0 Å². The van der Waals surface area contributed by atoms with E-state index in [2.05, 4.69) is 15.5 Å². The van der Waals surface area contributed by atoms with Gasteiger partial charge >= 0.3 is 0 Å². The summed E-state index contributed by atoms with van der Waals surface area (Å²) >= 11 is 0. The smallest absolute Gasteiger partial charge is 0.257 e. The fourth-order valence-electron chi connectivity index (χ4n) is 2.37. The molecule has 0 radical (unpaired) electrons. The molecule has 0 fully saturated rings. The Morgan fingerprint density at radius 3 is 3.04 bits per heavy atom. The fourth-order valence-corrected chi connectivity index (χ4v) is 2.37. The standard InChI is InChI=1S/C16H17N3O4/c1-9(6-13(20)14-4-3-5-22-14)18-15(21)11-7-12-10(2)19-23-16(12)17-8-11/h3-5,7-9,13,20H,6H2,1-2H3,(H,18,21). The van der Waals surface area contributed by atoms with Crippen LogP contribution in [0.4, 0.5) is 0 Å². The lowest BCUT2D eigenvalue weighted by molar-refractivity contribution is 0.0903. The van der Waals surface area contributed by atoms with E-state index in [4.69, 9.17) is 8.94 Å². The number of aryl methyl sites for hydroxylation is 1. The predicted octanol–water partition coefficient (Wildman–Crippen LogP) is 2.37. The summed E-state index contributed by atoms with van der Waals surface area (Å²) in [6.07, 6.45) is 2.53. The molecule has 0 saturated heterocycles. The summed E-state index contributed by atoms with van der Waals surface area (Å²) in [6.45, 7) is 3.61. The SMILES string of the molecule is Cc1noc2ncc(C(=O)NC(C)CC(O)c3ccco3)cc12. The Balaban J connectivity index is 1.66. The molecule has 7 nitrogen and oxygen atoms in total. The number of fused-ring (bicyclic) bond motifs is 1. The van der Waals surface area contributed by atoms with Crippen molar-refractivity contribution in [3.63, 3.8) is 0 Å². The number of rotatable bonds is 5. The molecule has 23 heavy (non-hydrogen) atoms. The summed E-state index contributed by atoms with van der Waals surface area (Å²) < 4.78 is 10.2. The summed E-state index contributed by atoms with van der Waals surface area (Å²) in [5, 5.41) is 17.4. The lowest BCUT2D eigenvalue weighted by Gasteiger charge is -2.16. The maximum atomic E-state index is 12.3. The Kier molecular flexibility index (Phi) is 4.12. The van der Waals surface area contributed by atoms with E-state index >= 15 is 0 Å². The normalized spacial score (nSPS) is 13.9. The van der Waals surface area contributed by atoms with Crippen molar-refractivity contribution in [2.75, 3.05) is 0 Å². The highest BCUT2D eigenvalue weighted by Gasteiger charge is 2.18. The van der Waals surface area contributed by atoms with E-state index in [-0.39, 0.29) is 11.9 Å². The van der Waals surface area contributed by atoms with Gasteiger partial charge in [-0.2, -0.15) is 0 Å². The minimum absolute atomic E-state index is 0.234. The maximum Gasteiger partial charge on any atom is 0.257 e. The number of nitrogens with one attached hydrogen (secondary N) is 1. The minimum Gasteiger partial charge on any atom is -0.467 e. The number of furan rings is 1. The number of hydrogen-bond donors (Lipinski definition) is 2. The highest BCUT2D eigenvalue weighted by molar-refractivity contribution is 5.97. The lowest BCUT2D eigenvalue weighted by Crippen LogP contribution is -2.33. The Bertz CT molecular complexity index is 810. The van der Waals surface area contributed by atoms with Crippen LogP contribution in [0.25, 0.3) is 11.1 Å². The van der Waals surface area contributed by atoms with Crippen molar-refractivity contribution in [2.45, 2.75) is 32.4 Å².